The van der Waals surface area contributed by atoms with Crippen molar-refractivity contribution in [3.8, 4) is 0 Å². The number of rotatable bonds is 0. The molecule has 0 saturated carbocycles. The molecule has 2 heterocycles. The molecule has 2 atom stereocenters. The molecule has 1 N–H and O–H groups in total. The van der Waals surface area contributed by atoms with Gasteiger partial charge in [-0.1, -0.05) is 36.4 Å². The summed E-state index contributed by atoms with van der Waals surface area (Å²) in [6, 6.07) is 10.1. The Morgan fingerprint density at radius 1 is 1.07 bits per heavy atom. The predicted octanol–water partition coefficient (Wildman–Crippen LogP) is 2.59. The van der Waals surface area contributed by atoms with Gasteiger partial charge in [-0.2, -0.15) is 0 Å². The average Bonchev–Trinajstić information content (AvgIpc) is 2.41. The van der Waals surface area contributed by atoms with Crippen LogP contribution in [0.2, 0.25) is 0 Å². The lowest BCUT2D eigenvalue weighted by Gasteiger charge is -2.31. The minimum atomic E-state index is 0.559. The van der Waals surface area contributed by atoms with Gasteiger partial charge in [0.1, 0.15) is 0 Å². The maximum atomic E-state index is 3.71. The summed E-state index contributed by atoms with van der Waals surface area (Å²) in [5.74, 6) is 0. The van der Waals surface area contributed by atoms with Gasteiger partial charge in [0.25, 0.3) is 0 Å². The zero-order valence-corrected chi connectivity index (χ0v) is 8.24. The zero-order valence-electron chi connectivity index (χ0n) is 8.24. The predicted molar refractivity (Wildman–Crippen MR) is 58.2 cm³/mol. The summed E-state index contributed by atoms with van der Waals surface area (Å²) in [5.41, 5.74) is 3.06. The van der Waals surface area contributed by atoms with E-state index < -0.39 is 0 Å². The van der Waals surface area contributed by atoms with Gasteiger partial charge >= 0.3 is 0 Å². The molecule has 0 aliphatic carbocycles. The van der Waals surface area contributed by atoms with Gasteiger partial charge in [0.2, 0.25) is 0 Å². The second kappa shape index (κ2) is 3.25. The molecular formula is C13H15N. The summed E-state index contributed by atoms with van der Waals surface area (Å²) in [5, 5.41) is 3.71. The molecule has 0 spiro atoms. The monoisotopic (exact) mass is 185 g/mol. The van der Waals surface area contributed by atoms with Crippen molar-refractivity contribution in [3.05, 3.63) is 47.5 Å². The van der Waals surface area contributed by atoms with Crippen LogP contribution in [0.3, 0.4) is 0 Å². The third-order valence-corrected chi connectivity index (χ3v) is 3.29. The fraction of sp³-hybridized carbons (Fsp3) is 0.385. The minimum absolute atomic E-state index is 0.559. The highest BCUT2D eigenvalue weighted by Crippen LogP contribution is 2.30. The van der Waals surface area contributed by atoms with Crippen LogP contribution in [0.25, 0.3) is 0 Å². The van der Waals surface area contributed by atoms with E-state index in [4.69, 9.17) is 0 Å². The van der Waals surface area contributed by atoms with Gasteiger partial charge in [-0.25, -0.2) is 0 Å². The molecule has 3 rings (SSSR count). The Kier molecular flexibility index (Phi) is 1.91. The van der Waals surface area contributed by atoms with Gasteiger partial charge in [-0.15, -0.1) is 0 Å². The Labute approximate surface area is 84.8 Å². The number of nitrogens with one attached hydrogen (secondary N) is 1. The Balaban J connectivity index is 2.05. The van der Waals surface area contributed by atoms with Crippen LogP contribution in [0, 0.1) is 0 Å². The summed E-state index contributed by atoms with van der Waals surface area (Å²) in [7, 11) is 0. The molecule has 1 nitrogen and oxygen atoms in total. The number of benzene rings is 1. The molecule has 0 fully saturated rings. The van der Waals surface area contributed by atoms with Gasteiger partial charge in [0.15, 0.2) is 0 Å². The summed E-state index contributed by atoms with van der Waals surface area (Å²) in [6.45, 7) is 0. The van der Waals surface area contributed by atoms with Gasteiger partial charge in [-0.3, -0.25) is 0 Å². The van der Waals surface area contributed by atoms with E-state index in [2.05, 4.69) is 41.7 Å². The van der Waals surface area contributed by atoms with Gasteiger partial charge in [0, 0.05) is 12.1 Å². The third kappa shape index (κ3) is 1.28. The van der Waals surface area contributed by atoms with Crippen LogP contribution < -0.4 is 5.32 Å². The van der Waals surface area contributed by atoms with Crippen molar-refractivity contribution in [1.82, 2.24) is 5.32 Å². The molecule has 0 saturated heterocycles. The second-order valence-electron chi connectivity index (χ2n) is 4.26. The molecule has 2 aliphatic rings. The van der Waals surface area contributed by atoms with Crippen molar-refractivity contribution in [3.63, 3.8) is 0 Å². The van der Waals surface area contributed by atoms with Gasteiger partial charge in [0.05, 0.1) is 0 Å². The van der Waals surface area contributed by atoms with Crippen LogP contribution in [0.1, 0.15) is 30.0 Å². The third-order valence-electron chi connectivity index (χ3n) is 3.29. The molecular weight excluding hydrogens is 170 g/mol. The maximum Gasteiger partial charge on any atom is 0.0360 e. The highest BCUT2D eigenvalue weighted by Gasteiger charge is 2.25. The van der Waals surface area contributed by atoms with Crippen LogP contribution in [0.5, 0.6) is 0 Å². The van der Waals surface area contributed by atoms with E-state index in [1.165, 1.54) is 18.4 Å². The molecule has 2 bridgehead atoms. The van der Waals surface area contributed by atoms with E-state index in [1.807, 2.05) is 0 Å². The van der Waals surface area contributed by atoms with Crippen LogP contribution in [-0.2, 0) is 6.42 Å². The van der Waals surface area contributed by atoms with Crippen LogP contribution >= 0.6 is 0 Å². The average molecular weight is 185 g/mol. The topological polar surface area (TPSA) is 12.0 Å². The van der Waals surface area contributed by atoms with Crippen LogP contribution in [0.15, 0.2) is 36.4 Å². The van der Waals surface area contributed by atoms with Crippen LogP contribution in [-0.4, -0.2) is 6.04 Å². The first-order valence-electron chi connectivity index (χ1n) is 5.42. The summed E-state index contributed by atoms with van der Waals surface area (Å²) in [4.78, 5) is 0. The second-order valence-corrected chi connectivity index (χ2v) is 4.26. The quantitative estimate of drug-likeness (QED) is 0.613. The first-order valence-corrected chi connectivity index (χ1v) is 5.42. The van der Waals surface area contributed by atoms with Crippen molar-refractivity contribution in [2.24, 2.45) is 0 Å². The maximum absolute atomic E-state index is 3.71. The molecule has 1 aromatic rings. The highest BCUT2D eigenvalue weighted by molar-refractivity contribution is 5.34. The summed E-state index contributed by atoms with van der Waals surface area (Å²) < 4.78 is 0. The van der Waals surface area contributed by atoms with Crippen LogP contribution in [0.4, 0.5) is 0 Å². The van der Waals surface area contributed by atoms with Crippen molar-refractivity contribution >= 4 is 0 Å². The Hall–Kier alpha value is -1.08. The molecule has 72 valence electrons. The van der Waals surface area contributed by atoms with Crippen molar-refractivity contribution < 1.29 is 0 Å². The highest BCUT2D eigenvalue weighted by atomic mass is 15.0. The minimum Gasteiger partial charge on any atom is -0.306 e. The Morgan fingerprint density at radius 2 is 1.93 bits per heavy atom. The van der Waals surface area contributed by atoms with E-state index in [-0.39, 0.29) is 0 Å². The SMILES string of the molecule is C1=CC[C@@H]2Cc3ccccc3C(C1)N2. The van der Waals surface area contributed by atoms with Crippen molar-refractivity contribution in [2.75, 3.05) is 0 Å². The zero-order chi connectivity index (χ0) is 9.38. The number of fused-ring (bicyclic) bond motifs is 4. The molecule has 1 aromatic carbocycles. The van der Waals surface area contributed by atoms with Crippen molar-refractivity contribution in [2.45, 2.75) is 31.3 Å². The molecule has 0 aromatic heterocycles. The largest absolute Gasteiger partial charge is 0.306 e. The molecule has 0 amide bonds. The summed E-state index contributed by atoms with van der Waals surface area (Å²) >= 11 is 0. The Bertz CT molecular complexity index is 367. The number of hydrogen-bond donors (Lipinski definition) is 1. The van der Waals surface area contributed by atoms with Gasteiger partial charge in [-0.05, 0) is 30.4 Å². The lowest BCUT2D eigenvalue weighted by molar-refractivity contribution is 0.416. The standard InChI is InChI=1S/C13H15N/c1-3-7-12-10(5-1)9-11-6-2-4-8-13(12)14-11/h1-5,7,11,13-14H,6,8-9H2/t11-,13?/m1/s1. The van der Waals surface area contributed by atoms with Crippen molar-refractivity contribution in [1.29, 1.82) is 0 Å². The fourth-order valence-electron chi connectivity index (χ4n) is 2.60. The van der Waals surface area contributed by atoms with Gasteiger partial charge < -0.3 is 5.32 Å². The smallest absolute Gasteiger partial charge is 0.0360 e. The first kappa shape index (κ1) is 8.25. The summed E-state index contributed by atoms with van der Waals surface area (Å²) in [6.07, 6.45) is 8.17. The molecule has 2 aliphatic heterocycles. The number of hydrogen-bond acceptors (Lipinski definition) is 1. The van der Waals surface area contributed by atoms with E-state index in [0.717, 1.165) is 6.42 Å². The lowest BCUT2D eigenvalue weighted by Crippen LogP contribution is -2.37. The fourth-order valence-corrected chi connectivity index (χ4v) is 2.60. The molecule has 14 heavy (non-hydrogen) atoms. The molecule has 0 radical (unpaired) electrons. The Morgan fingerprint density at radius 3 is 2.93 bits per heavy atom. The normalized spacial score (nSPS) is 29.4. The van der Waals surface area contributed by atoms with E-state index >= 15 is 0 Å². The molecule has 1 heteroatoms. The molecule has 1 unspecified atom stereocenters. The first-order chi connectivity index (χ1) is 6.93. The van der Waals surface area contributed by atoms with E-state index in [1.54, 1.807) is 5.56 Å². The lowest BCUT2D eigenvalue weighted by atomic mass is 9.89. The van der Waals surface area contributed by atoms with E-state index in [0.29, 0.717) is 12.1 Å². The van der Waals surface area contributed by atoms with E-state index in [9.17, 15) is 0 Å².